The topological polar surface area (TPSA) is 134 Å². The van der Waals surface area contributed by atoms with Gasteiger partial charge in [0.15, 0.2) is 5.65 Å². The van der Waals surface area contributed by atoms with Crippen molar-refractivity contribution in [2.75, 3.05) is 27.3 Å². The first kappa shape index (κ1) is 27.9. The molecular weight excluding hydrogens is 552 g/mol. The minimum atomic E-state index is -1.02. The molecule has 12 nitrogen and oxygen atoms in total. The second kappa shape index (κ2) is 11.2. The number of ether oxygens (including phenoxy) is 2. The molecule has 1 aliphatic rings. The summed E-state index contributed by atoms with van der Waals surface area (Å²) >= 11 is 0. The third kappa shape index (κ3) is 5.06. The van der Waals surface area contributed by atoms with Crippen molar-refractivity contribution in [2.45, 2.75) is 19.0 Å². The highest BCUT2D eigenvalue weighted by Gasteiger charge is 2.30. The number of imidazole rings is 2. The number of pyridine rings is 1. The third-order valence-electron chi connectivity index (χ3n) is 7.97. The zero-order chi connectivity index (χ0) is 30.2. The average molecular weight is 583 g/mol. The van der Waals surface area contributed by atoms with Crippen LogP contribution < -0.4 is 10.4 Å². The van der Waals surface area contributed by atoms with Crippen LogP contribution in [0.15, 0.2) is 71.8 Å². The van der Waals surface area contributed by atoms with Gasteiger partial charge in [0, 0.05) is 26.2 Å². The summed E-state index contributed by atoms with van der Waals surface area (Å²) in [5.41, 5.74) is 4.13. The van der Waals surface area contributed by atoms with Crippen LogP contribution in [0.3, 0.4) is 0 Å². The van der Waals surface area contributed by atoms with E-state index >= 15 is 0 Å². The minimum absolute atomic E-state index is 0.132. The normalized spacial score (nSPS) is 15.2. The largest absolute Gasteiger partial charge is 0.495 e. The number of esters is 1. The van der Waals surface area contributed by atoms with Crippen molar-refractivity contribution in [3.8, 4) is 22.6 Å². The van der Waals surface area contributed by atoms with Crippen LogP contribution in [-0.4, -0.2) is 72.9 Å². The second-order valence-corrected chi connectivity index (χ2v) is 10.4. The fourth-order valence-electron chi connectivity index (χ4n) is 5.65. The van der Waals surface area contributed by atoms with Crippen molar-refractivity contribution in [1.82, 2.24) is 28.6 Å². The van der Waals surface area contributed by atoms with E-state index in [9.17, 15) is 19.5 Å². The van der Waals surface area contributed by atoms with Gasteiger partial charge < -0.3 is 19.1 Å². The third-order valence-corrected chi connectivity index (χ3v) is 7.97. The first-order valence-electron chi connectivity index (χ1n) is 13.7. The standard InChI is InChI=1S/C31H30N6O6/c1-34-26(29(38)39)16-32-27(34)18-35-13-12-23(17-35)37-28-25(14-24(42-2)15-33-28)36(31(37)41)22-10-8-20(9-11-22)19-4-6-21(7-5-19)30(40)43-3/h4-11,14-16,23H,12-13,17-18H2,1-3H3,(H,38,39). The van der Waals surface area contributed by atoms with Gasteiger partial charge in [-0.2, -0.15) is 0 Å². The summed E-state index contributed by atoms with van der Waals surface area (Å²) in [5, 5.41) is 9.36. The van der Waals surface area contributed by atoms with Crippen LogP contribution in [0.5, 0.6) is 5.75 Å². The summed E-state index contributed by atoms with van der Waals surface area (Å²) in [6, 6.07) is 16.5. The Morgan fingerprint density at radius 2 is 1.70 bits per heavy atom. The van der Waals surface area contributed by atoms with Crippen molar-refractivity contribution in [2.24, 2.45) is 7.05 Å². The van der Waals surface area contributed by atoms with Gasteiger partial charge in [0.1, 0.15) is 17.3 Å². The summed E-state index contributed by atoms with van der Waals surface area (Å²) in [5.74, 6) is -0.226. The number of hydrogen-bond donors (Lipinski definition) is 1. The van der Waals surface area contributed by atoms with Crippen molar-refractivity contribution in [3.05, 3.63) is 94.6 Å². The molecule has 1 atom stereocenters. The van der Waals surface area contributed by atoms with Crippen LogP contribution in [0, 0.1) is 0 Å². The van der Waals surface area contributed by atoms with E-state index in [0.29, 0.717) is 47.1 Å². The Bertz CT molecular complexity index is 1890. The molecule has 6 rings (SSSR count). The molecule has 2 aromatic carbocycles. The summed E-state index contributed by atoms with van der Waals surface area (Å²) in [4.78, 5) is 48.4. The zero-order valence-corrected chi connectivity index (χ0v) is 23.9. The number of likely N-dealkylation sites (tertiary alicyclic amines) is 1. The zero-order valence-electron chi connectivity index (χ0n) is 23.9. The van der Waals surface area contributed by atoms with Gasteiger partial charge in [0.25, 0.3) is 0 Å². The lowest BCUT2D eigenvalue weighted by atomic mass is 10.0. The smallest absolute Gasteiger partial charge is 0.354 e. The first-order chi connectivity index (χ1) is 20.8. The van der Waals surface area contributed by atoms with E-state index in [1.54, 1.807) is 46.2 Å². The number of benzene rings is 2. The molecule has 1 saturated heterocycles. The van der Waals surface area contributed by atoms with E-state index in [2.05, 4.69) is 14.9 Å². The van der Waals surface area contributed by atoms with Gasteiger partial charge in [-0.05, 0) is 41.8 Å². The summed E-state index contributed by atoms with van der Waals surface area (Å²) < 4.78 is 15.2. The van der Waals surface area contributed by atoms with E-state index < -0.39 is 11.9 Å². The number of carbonyl (C=O) groups excluding carboxylic acids is 1. The van der Waals surface area contributed by atoms with Gasteiger partial charge in [-0.15, -0.1) is 0 Å². The quantitative estimate of drug-likeness (QED) is 0.273. The highest BCUT2D eigenvalue weighted by molar-refractivity contribution is 5.90. The Kier molecular flexibility index (Phi) is 7.28. The van der Waals surface area contributed by atoms with E-state index in [1.807, 2.05) is 42.5 Å². The number of methoxy groups -OCH3 is 2. The number of aromatic nitrogens is 5. The van der Waals surface area contributed by atoms with Gasteiger partial charge in [0.05, 0.1) is 56.0 Å². The Morgan fingerprint density at radius 1 is 1.00 bits per heavy atom. The van der Waals surface area contributed by atoms with Gasteiger partial charge in [-0.25, -0.2) is 24.4 Å². The molecule has 5 aromatic rings. The van der Waals surface area contributed by atoms with Crippen molar-refractivity contribution in [1.29, 1.82) is 0 Å². The highest BCUT2D eigenvalue weighted by atomic mass is 16.5. The molecule has 1 N–H and O–H groups in total. The molecule has 0 amide bonds. The SMILES string of the molecule is COC(=O)c1ccc(-c2ccc(-n3c(=O)n(C4CCN(Cc5ncc(C(=O)O)n5C)C4)c4ncc(OC)cc43)cc2)cc1. The predicted octanol–water partition coefficient (Wildman–Crippen LogP) is 3.53. The summed E-state index contributed by atoms with van der Waals surface area (Å²) in [6.45, 7) is 1.78. The molecule has 0 radical (unpaired) electrons. The van der Waals surface area contributed by atoms with Crippen molar-refractivity contribution < 1.29 is 24.2 Å². The molecule has 220 valence electrons. The number of hydrogen-bond acceptors (Lipinski definition) is 8. The number of fused-ring (bicyclic) bond motifs is 1. The highest BCUT2D eigenvalue weighted by Crippen LogP contribution is 2.29. The van der Waals surface area contributed by atoms with E-state index in [-0.39, 0.29) is 17.4 Å². The number of carbonyl (C=O) groups is 2. The number of rotatable bonds is 8. The predicted molar refractivity (Wildman–Crippen MR) is 158 cm³/mol. The summed E-state index contributed by atoms with van der Waals surface area (Å²) in [6.07, 6.45) is 3.70. The monoisotopic (exact) mass is 582 g/mol. The van der Waals surface area contributed by atoms with E-state index in [0.717, 1.165) is 24.1 Å². The molecular formula is C31H30N6O6. The number of carboxylic acids is 1. The fourth-order valence-corrected chi connectivity index (χ4v) is 5.65. The van der Waals surface area contributed by atoms with Gasteiger partial charge >= 0.3 is 17.6 Å². The van der Waals surface area contributed by atoms with Crippen LogP contribution in [0.2, 0.25) is 0 Å². The maximum Gasteiger partial charge on any atom is 0.354 e. The maximum absolute atomic E-state index is 14.1. The number of nitrogens with zero attached hydrogens (tertiary/aromatic N) is 6. The second-order valence-electron chi connectivity index (χ2n) is 10.4. The lowest BCUT2D eigenvalue weighted by Crippen LogP contribution is -2.29. The van der Waals surface area contributed by atoms with Crippen LogP contribution in [-0.2, 0) is 18.3 Å². The molecule has 0 saturated carbocycles. The number of aromatic carboxylic acids is 1. The van der Waals surface area contributed by atoms with Crippen LogP contribution in [0.25, 0.3) is 28.0 Å². The van der Waals surface area contributed by atoms with Crippen LogP contribution >= 0.6 is 0 Å². The Morgan fingerprint density at radius 3 is 2.33 bits per heavy atom. The Hall–Kier alpha value is -5.23. The maximum atomic E-state index is 14.1. The van der Waals surface area contributed by atoms with Crippen LogP contribution in [0.1, 0.15) is 39.1 Å². The fraction of sp³-hybridized carbons (Fsp3) is 0.258. The summed E-state index contributed by atoms with van der Waals surface area (Å²) in [7, 11) is 4.60. The first-order valence-corrected chi connectivity index (χ1v) is 13.7. The Labute approximate surface area is 246 Å². The molecule has 12 heteroatoms. The molecule has 43 heavy (non-hydrogen) atoms. The number of carboxylic acid groups (broad SMARTS) is 1. The molecule has 0 aliphatic carbocycles. The van der Waals surface area contributed by atoms with Gasteiger partial charge in [-0.3, -0.25) is 14.0 Å². The van der Waals surface area contributed by atoms with Gasteiger partial charge in [0.2, 0.25) is 0 Å². The molecule has 4 heterocycles. The molecule has 1 unspecified atom stereocenters. The lowest BCUT2D eigenvalue weighted by molar-refractivity contribution is 0.0599. The average Bonchev–Trinajstić information content (AvgIpc) is 3.71. The van der Waals surface area contributed by atoms with Crippen LogP contribution in [0.4, 0.5) is 0 Å². The van der Waals surface area contributed by atoms with E-state index in [1.165, 1.54) is 13.3 Å². The Balaban J connectivity index is 1.32. The lowest BCUT2D eigenvalue weighted by Gasteiger charge is -2.16. The van der Waals surface area contributed by atoms with Crippen molar-refractivity contribution in [3.63, 3.8) is 0 Å². The molecule has 3 aromatic heterocycles. The van der Waals surface area contributed by atoms with E-state index in [4.69, 9.17) is 9.47 Å². The minimum Gasteiger partial charge on any atom is -0.495 e. The van der Waals surface area contributed by atoms with Gasteiger partial charge in [-0.1, -0.05) is 24.3 Å². The molecule has 1 fully saturated rings. The molecule has 1 aliphatic heterocycles. The molecule has 0 bridgehead atoms. The van der Waals surface area contributed by atoms with Crippen molar-refractivity contribution >= 4 is 23.1 Å². The molecule has 0 spiro atoms.